The van der Waals surface area contributed by atoms with E-state index in [1.54, 1.807) is 108 Å². The Bertz CT molecular complexity index is 2650. The molecule has 2 amide bonds. The molecule has 0 fully saturated rings. The number of nitrogens with zero attached hydrogens (tertiary/aromatic N) is 8. The van der Waals surface area contributed by atoms with Crippen molar-refractivity contribution in [3.05, 3.63) is 139 Å². The average Bonchev–Trinajstić information content (AvgIpc) is 3.61. The number of carbonyl (C=O) groups is 2. The lowest BCUT2D eigenvalue weighted by Crippen LogP contribution is -2.78. The summed E-state index contributed by atoms with van der Waals surface area (Å²) in [5, 5.41) is 33.4. The average molecular weight is 824 g/mol. The molecule has 61 heavy (non-hydrogen) atoms. The van der Waals surface area contributed by atoms with Gasteiger partial charge in [0.25, 0.3) is 17.6 Å². The first-order chi connectivity index (χ1) is 29.3. The molecule has 0 radical (unpaired) electrons. The molecule has 314 valence electrons. The number of phenolic OH excluding ortho intramolecular Hbond substituents is 2. The van der Waals surface area contributed by atoms with Gasteiger partial charge in [-0.15, -0.1) is 10.2 Å². The maximum Gasteiger partial charge on any atom is 0.299 e. The highest BCUT2D eigenvalue weighted by Gasteiger charge is 2.17. The number of hydrogen-bond donors (Lipinski definition) is 5. The van der Waals surface area contributed by atoms with E-state index < -0.39 is 0 Å². The smallest absolute Gasteiger partial charge is 0.299 e. The number of rotatable bonds is 17. The third-order valence-electron chi connectivity index (χ3n) is 10.4. The molecule has 5 aromatic carbocycles. The summed E-state index contributed by atoms with van der Waals surface area (Å²) in [6, 6.07) is 24.0. The highest BCUT2D eigenvalue weighted by atomic mass is 16.3. The number of fused-ring (bicyclic) bond motifs is 2. The van der Waals surface area contributed by atoms with Gasteiger partial charge in [0.1, 0.15) is 42.1 Å². The van der Waals surface area contributed by atoms with Gasteiger partial charge in [0.2, 0.25) is 0 Å². The van der Waals surface area contributed by atoms with E-state index in [0.717, 1.165) is 40.6 Å². The fourth-order valence-corrected chi connectivity index (χ4v) is 6.78. The van der Waals surface area contributed by atoms with Crippen LogP contribution in [0.1, 0.15) is 39.4 Å². The second-order valence-corrected chi connectivity index (χ2v) is 14.9. The molecule has 8 N–H and O–H groups in total. The van der Waals surface area contributed by atoms with Crippen LogP contribution in [0.25, 0.3) is 21.5 Å². The Kier molecular flexibility index (Phi) is 13.8. The summed E-state index contributed by atoms with van der Waals surface area (Å²) in [5.74, 6) is 1.36. The fraction of sp³-hybridized carbons (Fsp3) is 0.217. The highest BCUT2D eigenvalue weighted by Crippen LogP contribution is 2.34. The molecule has 1 aromatic heterocycles. The number of aromatic nitrogens is 2. The molecule has 15 nitrogen and oxygen atoms in total. The summed E-state index contributed by atoms with van der Waals surface area (Å²) < 4.78 is 4.07. The monoisotopic (exact) mass is 823 g/mol. The molecule has 0 saturated heterocycles. The Morgan fingerprint density at radius 1 is 0.787 bits per heavy atom. The molecule has 0 unspecified atom stereocenters. The number of carbonyl (C=O) groups excluding carboxylic acids is 2. The molecule has 6 aromatic rings. The van der Waals surface area contributed by atoms with Crippen molar-refractivity contribution in [3.63, 3.8) is 0 Å². The van der Waals surface area contributed by atoms with Gasteiger partial charge in [0, 0.05) is 91.1 Å². The molecule has 0 aliphatic heterocycles. The van der Waals surface area contributed by atoms with Gasteiger partial charge in [-0.3, -0.25) is 9.59 Å². The second-order valence-electron chi connectivity index (χ2n) is 14.9. The zero-order valence-electron chi connectivity index (χ0n) is 34.9. The van der Waals surface area contributed by atoms with E-state index in [1.807, 2.05) is 60.9 Å². The molecule has 0 aliphatic rings. The number of aryl methyl sites for hydroxylation is 2. The number of azo groups is 1. The molecule has 0 aliphatic carbocycles. The number of aromatic hydroxyl groups is 2. The SMILES string of the molecule is C=C(N=Nc1ccc(N)c2cc(O)ccc12)N(C)C=C[NH2+]CCCN(C)C(=O)c1ccc(C(=O)N(C)CCCn2cc[n+](C)c2C=Nc2ccc(N)c3cc(O)ccc23)cc1. The van der Waals surface area contributed by atoms with Crippen molar-refractivity contribution in [1.82, 2.24) is 19.3 Å². The lowest BCUT2D eigenvalue weighted by molar-refractivity contribution is -0.671. The third-order valence-corrected chi connectivity index (χ3v) is 10.4. The molecule has 0 spiro atoms. The molecular formula is C46H53N11O4+2. The Morgan fingerprint density at radius 2 is 1.34 bits per heavy atom. The molecule has 0 atom stereocenters. The normalized spacial score (nSPS) is 11.7. The number of hydrogen-bond acceptors (Lipinski definition) is 10. The number of nitrogen functional groups attached to an aromatic ring is 2. The van der Waals surface area contributed by atoms with Crippen molar-refractivity contribution in [2.75, 3.05) is 52.2 Å². The van der Waals surface area contributed by atoms with E-state index in [4.69, 9.17) is 16.5 Å². The van der Waals surface area contributed by atoms with Gasteiger partial charge in [-0.2, -0.15) is 0 Å². The summed E-state index contributed by atoms with van der Waals surface area (Å²) >= 11 is 0. The van der Waals surface area contributed by atoms with E-state index in [-0.39, 0.29) is 23.3 Å². The summed E-state index contributed by atoms with van der Waals surface area (Å²) in [7, 11) is 7.33. The number of imidazole rings is 1. The standard InChI is InChI=1S/C46H51N11O4/c1-31(51-52-43-19-17-41(48)39-29-35(59)13-15-37(39)43)53(2)25-21-49-20-6-22-55(4)45(60)32-8-10-33(11-9-32)46(61)56(5)23-7-24-57-27-26-54(3)44(57)30-50-42-18-16-40(47)38-28-34(58)12-14-36(38)42/h8-19,21,25-30,49H,1,6-7,20,22-24H2,2-5H3,(H5,47,48,50,51,52,58,59,60,61)/p+2. The van der Waals surface area contributed by atoms with E-state index in [9.17, 15) is 19.8 Å². The minimum absolute atomic E-state index is 0.113. The van der Waals surface area contributed by atoms with Crippen molar-refractivity contribution in [2.45, 2.75) is 19.4 Å². The number of phenols is 2. The number of quaternary nitrogens is 1. The summed E-state index contributed by atoms with van der Waals surface area (Å²) in [6.07, 6.45) is 11.0. The van der Waals surface area contributed by atoms with Crippen LogP contribution in [-0.2, 0) is 13.6 Å². The summed E-state index contributed by atoms with van der Waals surface area (Å²) in [6.45, 7) is 6.52. The van der Waals surface area contributed by atoms with Gasteiger partial charge in [-0.1, -0.05) is 6.58 Å². The predicted molar refractivity (Wildman–Crippen MR) is 240 cm³/mol. The van der Waals surface area contributed by atoms with Crippen LogP contribution >= 0.6 is 0 Å². The van der Waals surface area contributed by atoms with Crippen LogP contribution in [0.3, 0.4) is 0 Å². The van der Waals surface area contributed by atoms with Crippen molar-refractivity contribution >= 4 is 62.3 Å². The lowest BCUT2D eigenvalue weighted by atomic mass is 10.1. The Morgan fingerprint density at radius 3 is 1.95 bits per heavy atom. The molecule has 6 rings (SSSR count). The van der Waals surface area contributed by atoms with Crippen LogP contribution in [0, 0.1) is 0 Å². The van der Waals surface area contributed by atoms with E-state index >= 15 is 0 Å². The Hall–Kier alpha value is -7.52. The summed E-state index contributed by atoms with van der Waals surface area (Å²) in [4.78, 5) is 36.3. The Balaban J connectivity index is 0.918. The first-order valence-corrected chi connectivity index (χ1v) is 19.9. The lowest BCUT2D eigenvalue weighted by Gasteiger charge is -2.18. The van der Waals surface area contributed by atoms with Crippen molar-refractivity contribution in [2.24, 2.45) is 22.3 Å². The number of amides is 2. The first kappa shape index (κ1) is 43.1. The van der Waals surface area contributed by atoms with Crippen LogP contribution in [0.2, 0.25) is 0 Å². The van der Waals surface area contributed by atoms with Gasteiger partial charge in [0.15, 0.2) is 0 Å². The Labute approximate surface area is 354 Å². The largest absolute Gasteiger partial charge is 0.508 e. The van der Waals surface area contributed by atoms with Gasteiger partial charge >= 0.3 is 0 Å². The van der Waals surface area contributed by atoms with Gasteiger partial charge in [-0.25, -0.2) is 14.1 Å². The van der Waals surface area contributed by atoms with E-state index in [1.165, 1.54) is 0 Å². The van der Waals surface area contributed by atoms with Crippen molar-refractivity contribution in [3.8, 4) is 11.5 Å². The van der Waals surface area contributed by atoms with Gasteiger partial charge in [0.05, 0.1) is 37.7 Å². The topological polar surface area (TPSA) is 199 Å². The maximum absolute atomic E-state index is 13.3. The van der Waals surface area contributed by atoms with Crippen LogP contribution in [-0.4, -0.2) is 88.3 Å². The number of benzene rings is 5. The van der Waals surface area contributed by atoms with Crippen molar-refractivity contribution in [1.29, 1.82) is 0 Å². The molecular weight excluding hydrogens is 771 g/mol. The number of nitrogens with two attached hydrogens (primary N) is 3. The van der Waals surface area contributed by atoms with Crippen molar-refractivity contribution < 1.29 is 29.7 Å². The fourth-order valence-electron chi connectivity index (χ4n) is 6.78. The van der Waals surface area contributed by atoms with Gasteiger partial charge in [-0.05, 0) is 84.9 Å². The van der Waals surface area contributed by atoms with Crippen LogP contribution in [0.15, 0.2) is 137 Å². The molecule has 1 heterocycles. The first-order valence-electron chi connectivity index (χ1n) is 19.9. The second kappa shape index (κ2) is 19.5. The summed E-state index contributed by atoms with van der Waals surface area (Å²) in [5.41, 5.74) is 15.7. The van der Waals surface area contributed by atoms with Crippen LogP contribution in [0.5, 0.6) is 11.5 Å². The van der Waals surface area contributed by atoms with Crippen LogP contribution < -0.4 is 21.4 Å². The minimum Gasteiger partial charge on any atom is -0.508 e. The minimum atomic E-state index is -0.119. The van der Waals surface area contributed by atoms with Gasteiger partial charge < -0.3 is 41.7 Å². The molecule has 15 heteroatoms. The molecule has 0 bridgehead atoms. The number of aliphatic imine (C=N–C) groups is 1. The number of anilines is 2. The quantitative estimate of drug-likeness (QED) is 0.0252. The molecule has 0 saturated carbocycles. The maximum atomic E-state index is 13.3. The zero-order valence-corrected chi connectivity index (χ0v) is 34.9. The van der Waals surface area contributed by atoms with E-state index in [0.29, 0.717) is 65.5 Å². The third kappa shape index (κ3) is 10.6. The van der Waals surface area contributed by atoms with Crippen LogP contribution in [0.4, 0.5) is 22.7 Å². The zero-order chi connectivity index (χ0) is 43.6. The van der Waals surface area contributed by atoms with E-state index in [2.05, 4.69) is 21.4 Å². The highest BCUT2D eigenvalue weighted by molar-refractivity contribution is 6.02. The predicted octanol–water partition coefficient (Wildman–Crippen LogP) is 5.79.